The molecule has 2 aromatic carbocycles. The van der Waals surface area contributed by atoms with Crippen LogP contribution in [-0.4, -0.2) is 30.3 Å². The van der Waals surface area contributed by atoms with Gasteiger partial charge in [-0.25, -0.2) is 0 Å². The highest BCUT2D eigenvalue weighted by Gasteiger charge is 2.41. The van der Waals surface area contributed by atoms with Gasteiger partial charge in [-0.3, -0.25) is 4.79 Å². The van der Waals surface area contributed by atoms with Gasteiger partial charge in [0.1, 0.15) is 17.0 Å². The average Bonchev–Trinajstić information content (AvgIpc) is 3.31. The minimum atomic E-state index is -0.687. The molecule has 1 aromatic heterocycles. The predicted molar refractivity (Wildman–Crippen MR) is 112 cm³/mol. The number of ether oxygens (including phenoxy) is 2. The number of hydrogen-bond donors (Lipinski definition) is 1. The molecule has 0 unspecified atom stereocenters. The second-order valence-corrected chi connectivity index (χ2v) is 7.45. The summed E-state index contributed by atoms with van der Waals surface area (Å²) in [6.45, 7) is 0. The Bertz CT molecular complexity index is 1010. The van der Waals surface area contributed by atoms with E-state index in [1.807, 2.05) is 36.4 Å². The average molecular weight is 407 g/mol. The van der Waals surface area contributed by atoms with Gasteiger partial charge < -0.3 is 19.3 Å². The van der Waals surface area contributed by atoms with Crippen LogP contribution in [-0.2, 0) is 5.54 Å². The molecule has 1 amide bonds. The summed E-state index contributed by atoms with van der Waals surface area (Å²) >= 11 is 0. The third-order valence-corrected chi connectivity index (χ3v) is 5.60. The number of nitrogens with zero attached hydrogens (tertiary/aromatic N) is 2. The van der Waals surface area contributed by atoms with E-state index in [0.717, 1.165) is 43.4 Å². The second-order valence-electron chi connectivity index (χ2n) is 7.45. The van der Waals surface area contributed by atoms with Crippen LogP contribution in [0.25, 0.3) is 11.4 Å². The minimum Gasteiger partial charge on any atom is -0.497 e. The van der Waals surface area contributed by atoms with Gasteiger partial charge in [0.2, 0.25) is 5.82 Å². The minimum absolute atomic E-state index is 0.210. The van der Waals surface area contributed by atoms with Crippen LogP contribution in [0.4, 0.5) is 0 Å². The number of para-hydroxylation sites is 1. The molecule has 1 fully saturated rings. The van der Waals surface area contributed by atoms with Gasteiger partial charge in [-0.05, 0) is 49.2 Å². The quantitative estimate of drug-likeness (QED) is 0.654. The lowest BCUT2D eigenvalue weighted by Crippen LogP contribution is -2.47. The molecule has 0 spiro atoms. The molecule has 7 heteroatoms. The maximum atomic E-state index is 13.1. The van der Waals surface area contributed by atoms with Gasteiger partial charge in [0.25, 0.3) is 11.8 Å². The van der Waals surface area contributed by atoms with E-state index in [0.29, 0.717) is 23.0 Å². The molecule has 30 heavy (non-hydrogen) atoms. The standard InChI is InChI=1S/C23H25N3O4/c1-28-17-12-10-16(11-13-17)20-24-22(30-26-20)23(14-6-3-7-15-23)25-21(27)18-8-4-5-9-19(18)29-2/h4-5,8-13H,3,6-7,14-15H2,1-2H3,(H,25,27). The summed E-state index contributed by atoms with van der Waals surface area (Å²) in [5.74, 6) is 2.01. The number of benzene rings is 2. The number of hydrogen-bond acceptors (Lipinski definition) is 6. The van der Waals surface area contributed by atoms with E-state index in [-0.39, 0.29) is 5.91 Å². The Balaban J connectivity index is 1.64. The summed E-state index contributed by atoms with van der Waals surface area (Å²) in [5.41, 5.74) is 0.626. The fourth-order valence-electron chi connectivity index (χ4n) is 3.94. The zero-order chi connectivity index (χ0) is 21.0. The first kappa shape index (κ1) is 19.9. The first-order chi connectivity index (χ1) is 14.6. The summed E-state index contributed by atoms with van der Waals surface area (Å²) in [7, 11) is 3.18. The highest BCUT2D eigenvalue weighted by molar-refractivity contribution is 5.97. The highest BCUT2D eigenvalue weighted by atomic mass is 16.5. The Morgan fingerprint density at radius 2 is 1.73 bits per heavy atom. The van der Waals surface area contributed by atoms with Crippen LogP contribution < -0.4 is 14.8 Å². The van der Waals surface area contributed by atoms with Gasteiger partial charge in [0.15, 0.2) is 0 Å². The van der Waals surface area contributed by atoms with Crippen molar-refractivity contribution >= 4 is 5.91 Å². The maximum absolute atomic E-state index is 13.1. The van der Waals surface area contributed by atoms with Crippen LogP contribution in [0.2, 0.25) is 0 Å². The zero-order valence-corrected chi connectivity index (χ0v) is 17.2. The SMILES string of the molecule is COc1ccc(-c2noc(C3(NC(=O)c4ccccc4OC)CCCCC3)n2)cc1. The molecule has 1 aliphatic rings. The van der Waals surface area contributed by atoms with E-state index in [9.17, 15) is 4.79 Å². The molecule has 4 rings (SSSR count). The second kappa shape index (κ2) is 8.57. The van der Waals surface area contributed by atoms with Gasteiger partial charge in [-0.1, -0.05) is 36.6 Å². The Hall–Kier alpha value is -3.35. The van der Waals surface area contributed by atoms with Gasteiger partial charge in [0.05, 0.1) is 19.8 Å². The Morgan fingerprint density at radius 3 is 2.43 bits per heavy atom. The normalized spacial score (nSPS) is 15.4. The first-order valence-corrected chi connectivity index (χ1v) is 10.1. The molecule has 1 heterocycles. The van der Waals surface area contributed by atoms with E-state index in [2.05, 4.69) is 15.5 Å². The van der Waals surface area contributed by atoms with E-state index in [4.69, 9.17) is 14.0 Å². The zero-order valence-electron chi connectivity index (χ0n) is 17.2. The van der Waals surface area contributed by atoms with Crippen molar-refractivity contribution in [3.63, 3.8) is 0 Å². The van der Waals surface area contributed by atoms with Crippen molar-refractivity contribution in [2.45, 2.75) is 37.6 Å². The molecule has 3 aromatic rings. The van der Waals surface area contributed by atoms with Crippen molar-refractivity contribution in [1.82, 2.24) is 15.5 Å². The van der Waals surface area contributed by atoms with Crippen molar-refractivity contribution in [1.29, 1.82) is 0 Å². The highest BCUT2D eigenvalue weighted by Crippen LogP contribution is 2.38. The van der Waals surface area contributed by atoms with Crippen molar-refractivity contribution < 1.29 is 18.8 Å². The van der Waals surface area contributed by atoms with E-state index in [1.54, 1.807) is 26.4 Å². The van der Waals surface area contributed by atoms with Gasteiger partial charge in [0, 0.05) is 5.56 Å². The molecule has 1 aliphatic carbocycles. The number of nitrogens with one attached hydrogen (secondary N) is 1. The lowest BCUT2D eigenvalue weighted by molar-refractivity contribution is 0.0821. The topological polar surface area (TPSA) is 86.5 Å². The number of carbonyl (C=O) groups is 1. The van der Waals surface area contributed by atoms with Gasteiger partial charge in [-0.2, -0.15) is 4.98 Å². The molecule has 0 aliphatic heterocycles. The first-order valence-electron chi connectivity index (χ1n) is 10.1. The number of carbonyl (C=O) groups excluding carboxylic acids is 1. The summed E-state index contributed by atoms with van der Waals surface area (Å²) in [6, 6.07) is 14.7. The summed E-state index contributed by atoms with van der Waals surface area (Å²) < 4.78 is 16.2. The molecule has 7 nitrogen and oxygen atoms in total. The van der Waals surface area contributed by atoms with Crippen LogP contribution in [0.1, 0.15) is 48.4 Å². The molecule has 1 N–H and O–H groups in total. The molecule has 1 saturated carbocycles. The molecule has 0 bridgehead atoms. The number of aromatic nitrogens is 2. The van der Waals surface area contributed by atoms with Crippen molar-refractivity contribution in [3.05, 3.63) is 60.0 Å². The van der Waals surface area contributed by atoms with Crippen molar-refractivity contribution in [3.8, 4) is 22.9 Å². The molecule has 156 valence electrons. The lowest BCUT2D eigenvalue weighted by Gasteiger charge is -2.34. The molecule has 0 radical (unpaired) electrons. The smallest absolute Gasteiger partial charge is 0.255 e. The van der Waals surface area contributed by atoms with Crippen LogP contribution in [0, 0.1) is 0 Å². The van der Waals surface area contributed by atoms with Crippen LogP contribution in [0.5, 0.6) is 11.5 Å². The van der Waals surface area contributed by atoms with E-state index >= 15 is 0 Å². The number of methoxy groups -OCH3 is 2. The Morgan fingerprint density at radius 1 is 1.00 bits per heavy atom. The third kappa shape index (κ3) is 3.87. The van der Waals surface area contributed by atoms with Crippen molar-refractivity contribution in [2.24, 2.45) is 0 Å². The Kier molecular flexibility index (Phi) is 5.70. The summed E-state index contributed by atoms with van der Waals surface area (Å²) in [4.78, 5) is 17.8. The van der Waals surface area contributed by atoms with E-state index < -0.39 is 5.54 Å². The maximum Gasteiger partial charge on any atom is 0.255 e. The van der Waals surface area contributed by atoms with Crippen molar-refractivity contribution in [2.75, 3.05) is 14.2 Å². The molecule has 0 atom stereocenters. The van der Waals surface area contributed by atoms with Crippen LogP contribution >= 0.6 is 0 Å². The third-order valence-electron chi connectivity index (χ3n) is 5.60. The van der Waals surface area contributed by atoms with E-state index in [1.165, 1.54) is 0 Å². The van der Waals surface area contributed by atoms with Gasteiger partial charge in [-0.15, -0.1) is 0 Å². The lowest BCUT2D eigenvalue weighted by atomic mass is 9.81. The van der Waals surface area contributed by atoms with Gasteiger partial charge >= 0.3 is 0 Å². The molecular formula is C23H25N3O4. The fraction of sp³-hybridized carbons (Fsp3) is 0.348. The number of rotatable bonds is 6. The molecule has 0 saturated heterocycles. The molecular weight excluding hydrogens is 382 g/mol. The monoisotopic (exact) mass is 407 g/mol. The summed E-state index contributed by atoms with van der Waals surface area (Å²) in [5, 5.41) is 7.36. The Labute approximate surface area is 175 Å². The summed E-state index contributed by atoms with van der Waals surface area (Å²) in [6.07, 6.45) is 4.57. The predicted octanol–water partition coefficient (Wildman–Crippen LogP) is 4.34. The number of amides is 1. The van der Waals surface area contributed by atoms with Crippen LogP contribution in [0.15, 0.2) is 53.1 Å². The van der Waals surface area contributed by atoms with Crippen LogP contribution in [0.3, 0.4) is 0 Å². The largest absolute Gasteiger partial charge is 0.497 e. The fourth-order valence-corrected chi connectivity index (χ4v) is 3.94.